The number of piperidine rings is 1. The van der Waals surface area contributed by atoms with Crippen LogP contribution in [0.15, 0.2) is 41.8 Å². The lowest BCUT2D eigenvalue weighted by Gasteiger charge is -2.27. The Morgan fingerprint density at radius 1 is 1.19 bits per heavy atom. The number of carbonyl (C=O) groups is 3. The Kier molecular flexibility index (Phi) is 6.20. The Balaban J connectivity index is 1.56. The first-order valence-electron chi connectivity index (χ1n) is 8.75. The van der Waals surface area contributed by atoms with Crippen molar-refractivity contribution in [3.8, 4) is 0 Å². The number of nitrogens with zero attached hydrogens (tertiary/aromatic N) is 1. The van der Waals surface area contributed by atoms with Gasteiger partial charge in [-0.2, -0.15) is 0 Å². The second-order valence-corrected chi connectivity index (χ2v) is 7.23. The molecular formula is C19H21N3O4S. The third-order valence-corrected chi connectivity index (χ3v) is 5.25. The van der Waals surface area contributed by atoms with Crippen molar-refractivity contribution in [3.63, 3.8) is 0 Å². The summed E-state index contributed by atoms with van der Waals surface area (Å²) in [5, 5.41) is 16.7. The lowest BCUT2D eigenvalue weighted by molar-refractivity contribution is -0.136. The second-order valence-electron chi connectivity index (χ2n) is 6.25. The maximum atomic E-state index is 12.1. The summed E-state index contributed by atoms with van der Waals surface area (Å²) in [6.07, 6.45) is 1.50. The summed E-state index contributed by atoms with van der Waals surface area (Å²) in [6, 6.07) is 10.4. The van der Waals surface area contributed by atoms with Crippen LogP contribution in [0.25, 0.3) is 0 Å². The van der Waals surface area contributed by atoms with Crippen molar-refractivity contribution < 1.29 is 19.5 Å². The Hall–Kier alpha value is -2.71. The molecule has 0 aliphatic carbocycles. The molecule has 2 aromatic rings. The van der Waals surface area contributed by atoms with Gasteiger partial charge in [0.1, 0.15) is 6.10 Å². The molecule has 0 radical (unpaired) electrons. The van der Waals surface area contributed by atoms with Gasteiger partial charge < -0.3 is 20.6 Å². The molecule has 27 heavy (non-hydrogen) atoms. The van der Waals surface area contributed by atoms with E-state index in [9.17, 15) is 19.5 Å². The standard InChI is InChI=1S/C19H21N3O4S/c23-15(16-7-4-10-27-16)12-20-18(25)19(26)21-13-5-3-6-14(11-13)22-9-2-1-8-17(22)24/h3-7,10-11,15,23H,1-2,8-9,12H2,(H,20,25)(H,21,26). The summed E-state index contributed by atoms with van der Waals surface area (Å²) in [7, 11) is 0. The van der Waals surface area contributed by atoms with Crippen LogP contribution in [0, 0.1) is 0 Å². The molecule has 1 aromatic carbocycles. The van der Waals surface area contributed by atoms with Gasteiger partial charge in [-0.05, 0) is 42.5 Å². The number of amides is 3. The van der Waals surface area contributed by atoms with Crippen LogP contribution in [-0.2, 0) is 14.4 Å². The summed E-state index contributed by atoms with van der Waals surface area (Å²) >= 11 is 1.37. The maximum Gasteiger partial charge on any atom is 0.313 e. The van der Waals surface area contributed by atoms with Gasteiger partial charge in [-0.3, -0.25) is 14.4 Å². The van der Waals surface area contributed by atoms with Gasteiger partial charge in [0.15, 0.2) is 0 Å². The molecule has 0 saturated carbocycles. The highest BCUT2D eigenvalue weighted by Crippen LogP contribution is 2.24. The quantitative estimate of drug-likeness (QED) is 0.684. The Bertz CT molecular complexity index is 822. The van der Waals surface area contributed by atoms with Gasteiger partial charge in [-0.1, -0.05) is 12.1 Å². The molecule has 1 fully saturated rings. The molecule has 2 heterocycles. The van der Waals surface area contributed by atoms with Gasteiger partial charge in [-0.25, -0.2) is 0 Å². The third-order valence-electron chi connectivity index (χ3n) is 4.27. The van der Waals surface area contributed by atoms with Crippen LogP contribution in [0.5, 0.6) is 0 Å². The molecule has 8 heteroatoms. The number of aliphatic hydroxyl groups excluding tert-OH is 1. The van der Waals surface area contributed by atoms with Gasteiger partial charge in [0, 0.05) is 35.8 Å². The molecule has 0 spiro atoms. The normalized spacial score (nSPS) is 15.3. The number of rotatable bonds is 5. The average molecular weight is 387 g/mol. The minimum Gasteiger partial charge on any atom is -0.386 e. The number of thiophene rings is 1. The van der Waals surface area contributed by atoms with Crippen LogP contribution < -0.4 is 15.5 Å². The zero-order valence-electron chi connectivity index (χ0n) is 14.7. The van der Waals surface area contributed by atoms with Gasteiger partial charge in [0.2, 0.25) is 5.91 Å². The van der Waals surface area contributed by atoms with E-state index in [0.29, 0.717) is 24.3 Å². The van der Waals surface area contributed by atoms with E-state index >= 15 is 0 Å². The smallest absolute Gasteiger partial charge is 0.313 e. The third kappa shape index (κ3) is 4.93. The van der Waals surface area contributed by atoms with E-state index in [1.807, 2.05) is 5.38 Å². The molecule has 1 aliphatic heterocycles. The fraction of sp³-hybridized carbons (Fsp3) is 0.316. The minimum absolute atomic E-state index is 0.0465. The summed E-state index contributed by atoms with van der Waals surface area (Å²) in [6.45, 7) is 0.604. The molecule has 1 unspecified atom stereocenters. The van der Waals surface area contributed by atoms with E-state index in [2.05, 4.69) is 10.6 Å². The summed E-state index contributed by atoms with van der Waals surface area (Å²) < 4.78 is 0. The molecule has 0 bridgehead atoms. The van der Waals surface area contributed by atoms with Crippen LogP contribution in [-0.4, -0.2) is 35.9 Å². The van der Waals surface area contributed by atoms with E-state index < -0.39 is 17.9 Å². The van der Waals surface area contributed by atoms with Crippen molar-refractivity contribution in [1.82, 2.24) is 5.32 Å². The molecule has 3 rings (SSSR count). The highest BCUT2D eigenvalue weighted by Gasteiger charge is 2.21. The van der Waals surface area contributed by atoms with E-state index in [1.54, 1.807) is 41.3 Å². The van der Waals surface area contributed by atoms with E-state index in [-0.39, 0.29) is 12.5 Å². The van der Waals surface area contributed by atoms with Crippen LogP contribution in [0.3, 0.4) is 0 Å². The van der Waals surface area contributed by atoms with Gasteiger partial charge in [-0.15, -0.1) is 11.3 Å². The van der Waals surface area contributed by atoms with Crippen molar-refractivity contribution in [1.29, 1.82) is 0 Å². The number of hydrogen-bond acceptors (Lipinski definition) is 5. The van der Waals surface area contributed by atoms with Crippen LogP contribution in [0.1, 0.15) is 30.2 Å². The topological polar surface area (TPSA) is 98.7 Å². The highest BCUT2D eigenvalue weighted by atomic mass is 32.1. The first kappa shape index (κ1) is 19.1. The highest BCUT2D eigenvalue weighted by molar-refractivity contribution is 7.10. The molecule has 1 aliphatic rings. The van der Waals surface area contributed by atoms with E-state index in [0.717, 1.165) is 17.7 Å². The predicted molar refractivity (Wildman–Crippen MR) is 104 cm³/mol. The molecule has 1 aromatic heterocycles. The van der Waals surface area contributed by atoms with Crippen molar-refractivity contribution in [2.75, 3.05) is 23.3 Å². The first-order valence-corrected chi connectivity index (χ1v) is 9.63. The fourth-order valence-corrected chi connectivity index (χ4v) is 3.58. The average Bonchev–Trinajstić information content (AvgIpc) is 3.21. The van der Waals surface area contributed by atoms with Gasteiger partial charge in [0.05, 0.1) is 0 Å². The van der Waals surface area contributed by atoms with E-state index in [4.69, 9.17) is 0 Å². The van der Waals surface area contributed by atoms with E-state index in [1.165, 1.54) is 11.3 Å². The van der Waals surface area contributed by atoms with Crippen LogP contribution >= 0.6 is 11.3 Å². The summed E-state index contributed by atoms with van der Waals surface area (Å²) in [5.74, 6) is -1.59. The zero-order chi connectivity index (χ0) is 19.2. The van der Waals surface area contributed by atoms with Crippen molar-refractivity contribution >= 4 is 40.4 Å². The Morgan fingerprint density at radius 2 is 2.04 bits per heavy atom. The molecule has 142 valence electrons. The molecule has 3 amide bonds. The Morgan fingerprint density at radius 3 is 2.78 bits per heavy atom. The molecule has 1 saturated heterocycles. The van der Waals surface area contributed by atoms with Crippen molar-refractivity contribution in [3.05, 3.63) is 46.7 Å². The molecule has 7 nitrogen and oxygen atoms in total. The lowest BCUT2D eigenvalue weighted by atomic mass is 10.1. The minimum atomic E-state index is -0.852. The maximum absolute atomic E-state index is 12.1. The number of aliphatic hydroxyl groups is 1. The van der Waals surface area contributed by atoms with Crippen molar-refractivity contribution in [2.24, 2.45) is 0 Å². The number of carbonyl (C=O) groups excluding carboxylic acids is 3. The zero-order valence-corrected chi connectivity index (χ0v) is 15.5. The first-order chi connectivity index (χ1) is 13.0. The van der Waals surface area contributed by atoms with Gasteiger partial charge >= 0.3 is 11.8 Å². The lowest BCUT2D eigenvalue weighted by Crippen LogP contribution is -2.37. The Labute approximate surface area is 161 Å². The van der Waals surface area contributed by atoms with Crippen molar-refractivity contribution in [2.45, 2.75) is 25.4 Å². The number of anilines is 2. The monoisotopic (exact) mass is 387 g/mol. The summed E-state index contributed by atoms with van der Waals surface area (Å²) in [5.41, 5.74) is 1.14. The second kappa shape index (κ2) is 8.79. The van der Waals surface area contributed by atoms with Gasteiger partial charge in [0.25, 0.3) is 0 Å². The molecular weight excluding hydrogens is 366 g/mol. The fourth-order valence-electron chi connectivity index (χ4n) is 2.87. The predicted octanol–water partition coefficient (Wildman–Crippen LogP) is 2.05. The number of benzene rings is 1. The number of hydrogen-bond donors (Lipinski definition) is 3. The molecule has 1 atom stereocenters. The number of nitrogens with one attached hydrogen (secondary N) is 2. The largest absolute Gasteiger partial charge is 0.386 e. The van der Waals surface area contributed by atoms with Crippen LogP contribution in [0.2, 0.25) is 0 Å². The summed E-state index contributed by atoms with van der Waals surface area (Å²) in [4.78, 5) is 38.5. The SMILES string of the molecule is O=C(NCC(O)c1cccs1)C(=O)Nc1cccc(N2CCCCC2=O)c1. The van der Waals surface area contributed by atoms with Crippen LogP contribution in [0.4, 0.5) is 11.4 Å². The molecule has 3 N–H and O–H groups in total.